The van der Waals surface area contributed by atoms with Gasteiger partial charge in [-0.2, -0.15) is 5.10 Å². The van der Waals surface area contributed by atoms with E-state index in [1.807, 2.05) is 66.3 Å². The number of aryl methyl sites for hydroxylation is 1. The van der Waals surface area contributed by atoms with Crippen molar-refractivity contribution in [2.45, 2.75) is 11.8 Å². The van der Waals surface area contributed by atoms with Gasteiger partial charge in [-0.15, -0.1) is 0 Å². The topological polar surface area (TPSA) is 64.3 Å². The predicted octanol–water partition coefficient (Wildman–Crippen LogP) is 3.78. The first-order valence-corrected chi connectivity index (χ1v) is 10.0. The fraction of sp³-hybridized carbons (Fsp3) is 0.100. The first-order valence-electron chi connectivity index (χ1n) is 8.14. The van der Waals surface area contributed by atoms with Crippen molar-refractivity contribution >= 4 is 15.4 Å². The molecule has 4 aromatic rings. The molecule has 0 atom stereocenters. The maximum Gasteiger partial charge on any atom is 0.175 e. The van der Waals surface area contributed by atoms with Gasteiger partial charge < -0.3 is 0 Å². The molecule has 0 saturated heterocycles. The van der Waals surface area contributed by atoms with Gasteiger partial charge in [0.25, 0.3) is 0 Å². The Morgan fingerprint density at radius 1 is 0.962 bits per heavy atom. The van der Waals surface area contributed by atoms with Crippen LogP contribution >= 0.6 is 0 Å². The van der Waals surface area contributed by atoms with Crippen molar-refractivity contribution in [3.63, 3.8) is 0 Å². The van der Waals surface area contributed by atoms with E-state index in [0.29, 0.717) is 4.90 Å². The molecule has 0 spiro atoms. The zero-order valence-corrected chi connectivity index (χ0v) is 15.2. The van der Waals surface area contributed by atoms with Crippen LogP contribution in [-0.2, 0) is 9.84 Å². The van der Waals surface area contributed by atoms with Crippen LogP contribution in [0.15, 0.2) is 71.9 Å². The summed E-state index contributed by atoms with van der Waals surface area (Å²) in [7, 11) is -3.23. The Balaban J connectivity index is 1.96. The summed E-state index contributed by atoms with van der Waals surface area (Å²) in [6, 6.07) is 16.7. The second-order valence-corrected chi connectivity index (χ2v) is 8.29. The van der Waals surface area contributed by atoms with E-state index in [1.54, 1.807) is 12.1 Å². The SMILES string of the molecule is Cc1ccc(-c2nn3ccccc3c2-c2ccc(S(C)(=O)=O)cc2)nc1. The second kappa shape index (κ2) is 6.07. The molecule has 0 amide bonds. The molecule has 0 N–H and O–H groups in total. The molecule has 1 aromatic carbocycles. The van der Waals surface area contributed by atoms with Crippen LogP contribution in [0.4, 0.5) is 0 Å². The van der Waals surface area contributed by atoms with E-state index in [1.165, 1.54) is 6.26 Å². The van der Waals surface area contributed by atoms with Crippen LogP contribution in [0.1, 0.15) is 5.56 Å². The van der Waals surface area contributed by atoms with Gasteiger partial charge in [0.1, 0.15) is 5.69 Å². The Labute approximate surface area is 151 Å². The van der Waals surface area contributed by atoms with E-state index in [4.69, 9.17) is 5.10 Å². The fourth-order valence-corrected chi connectivity index (χ4v) is 3.57. The molecule has 0 radical (unpaired) electrons. The van der Waals surface area contributed by atoms with E-state index in [2.05, 4.69) is 4.98 Å². The summed E-state index contributed by atoms with van der Waals surface area (Å²) < 4.78 is 25.3. The minimum absolute atomic E-state index is 0.299. The summed E-state index contributed by atoms with van der Waals surface area (Å²) in [6.45, 7) is 1.99. The third-order valence-corrected chi connectivity index (χ3v) is 5.39. The van der Waals surface area contributed by atoms with Crippen molar-refractivity contribution < 1.29 is 8.42 Å². The number of pyridine rings is 2. The highest BCUT2D eigenvalue weighted by Gasteiger charge is 2.17. The van der Waals surface area contributed by atoms with E-state index < -0.39 is 9.84 Å². The maximum absolute atomic E-state index is 11.7. The fourth-order valence-electron chi connectivity index (χ4n) is 2.94. The first-order chi connectivity index (χ1) is 12.4. The lowest BCUT2D eigenvalue weighted by molar-refractivity contribution is 0.602. The molecule has 130 valence electrons. The summed E-state index contributed by atoms with van der Waals surface area (Å²) in [4.78, 5) is 4.81. The summed E-state index contributed by atoms with van der Waals surface area (Å²) in [6.07, 6.45) is 4.91. The van der Waals surface area contributed by atoms with E-state index in [-0.39, 0.29) is 0 Å². The highest BCUT2D eigenvalue weighted by molar-refractivity contribution is 7.90. The van der Waals surface area contributed by atoms with E-state index in [0.717, 1.165) is 33.6 Å². The molecule has 0 bridgehead atoms. The summed E-state index contributed by atoms with van der Waals surface area (Å²) in [5.74, 6) is 0. The molecule has 5 nitrogen and oxygen atoms in total. The monoisotopic (exact) mass is 363 g/mol. The lowest BCUT2D eigenvalue weighted by Crippen LogP contribution is -1.96. The van der Waals surface area contributed by atoms with Crippen LogP contribution in [0.25, 0.3) is 28.0 Å². The molecular formula is C20H17N3O2S. The summed E-state index contributed by atoms with van der Waals surface area (Å²) in [5.41, 5.74) is 5.40. The lowest BCUT2D eigenvalue weighted by Gasteiger charge is -2.05. The van der Waals surface area contributed by atoms with E-state index >= 15 is 0 Å². The Morgan fingerprint density at radius 2 is 1.73 bits per heavy atom. The second-order valence-electron chi connectivity index (χ2n) is 6.27. The molecule has 3 heterocycles. The van der Waals surface area contributed by atoms with Gasteiger partial charge in [-0.05, 0) is 48.4 Å². The van der Waals surface area contributed by atoms with Gasteiger partial charge in [0.2, 0.25) is 0 Å². The Morgan fingerprint density at radius 3 is 2.38 bits per heavy atom. The summed E-state index contributed by atoms with van der Waals surface area (Å²) >= 11 is 0. The van der Waals surface area contributed by atoms with Crippen molar-refractivity contribution in [1.82, 2.24) is 14.6 Å². The third kappa shape index (κ3) is 2.88. The van der Waals surface area contributed by atoms with Crippen molar-refractivity contribution in [2.24, 2.45) is 0 Å². The number of nitrogens with zero attached hydrogens (tertiary/aromatic N) is 3. The molecule has 0 unspecified atom stereocenters. The van der Waals surface area contributed by atoms with Crippen molar-refractivity contribution in [1.29, 1.82) is 0 Å². The summed E-state index contributed by atoms with van der Waals surface area (Å²) in [5, 5.41) is 4.70. The smallest absolute Gasteiger partial charge is 0.175 e. The maximum atomic E-state index is 11.7. The number of aromatic nitrogens is 3. The molecule has 0 aliphatic carbocycles. The van der Waals surface area contributed by atoms with Gasteiger partial charge >= 0.3 is 0 Å². The van der Waals surface area contributed by atoms with Crippen LogP contribution < -0.4 is 0 Å². The number of sulfone groups is 1. The molecule has 0 saturated carbocycles. The predicted molar refractivity (Wildman–Crippen MR) is 102 cm³/mol. The Kier molecular flexibility index (Phi) is 3.85. The number of benzene rings is 1. The molecular weight excluding hydrogens is 346 g/mol. The van der Waals surface area contributed by atoms with Gasteiger partial charge in [0.05, 0.1) is 16.1 Å². The molecule has 26 heavy (non-hydrogen) atoms. The third-order valence-electron chi connectivity index (χ3n) is 4.27. The first kappa shape index (κ1) is 16.5. The van der Waals surface area contributed by atoms with Crippen LogP contribution in [0, 0.1) is 6.92 Å². The van der Waals surface area contributed by atoms with Crippen molar-refractivity contribution in [3.8, 4) is 22.5 Å². The van der Waals surface area contributed by atoms with Gasteiger partial charge in [-0.25, -0.2) is 12.9 Å². The van der Waals surface area contributed by atoms with Gasteiger partial charge in [-0.3, -0.25) is 4.98 Å². The highest BCUT2D eigenvalue weighted by Crippen LogP contribution is 2.34. The molecule has 0 fully saturated rings. The highest BCUT2D eigenvalue weighted by atomic mass is 32.2. The molecule has 0 aliphatic heterocycles. The standard InChI is InChI=1S/C20H17N3O2S/c1-14-6-11-17(21-13-14)20-19(18-5-3-4-12-23(18)22-20)15-7-9-16(10-8-15)26(2,24)25/h3-13H,1-2H3. The normalized spacial score (nSPS) is 11.8. The number of fused-ring (bicyclic) bond motifs is 1. The number of hydrogen-bond acceptors (Lipinski definition) is 4. The quantitative estimate of drug-likeness (QED) is 0.556. The van der Waals surface area contributed by atoms with Gasteiger partial charge in [-0.1, -0.05) is 24.3 Å². The molecule has 0 aliphatic rings. The minimum atomic E-state index is -3.23. The van der Waals surface area contributed by atoms with Crippen LogP contribution in [-0.4, -0.2) is 29.3 Å². The number of hydrogen-bond donors (Lipinski definition) is 0. The van der Waals surface area contributed by atoms with Crippen molar-refractivity contribution in [2.75, 3.05) is 6.26 Å². The zero-order chi connectivity index (χ0) is 18.3. The minimum Gasteiger partial charge on any atom is -0.254 e. The van der Waals surface area contributed by atoms with Crippen LogP contribution in [0.3, 0.4) is 0 Å². The Bertz CT molecular complexity index is 1190. The molecule has 6 heteroatoms. The van der Waals surface area contributed by atoms with Gasteiger partial charge in [0.15, 0.2) is 9.84 Å². The average molecular weight is 363 g/mol. The zero-order valence-electron chi connectivity index (χ0n) is 14.4. The van der Waals surface area contributed by atoms with Crippen LogP contribution in [0.2, 0.25) is 0 Å². The lowest BCUT2D eigenvalue weighted by atomic mass is 10.0. The largest absolute Gasteiger partial charge is 0.254 e. The van der Waals surface area contributed by atoms with Gasteiger partial charge in [0, 0.05) is 24.2 Å². The molecule has 3 aromatic heterocycles. The average Bonchev–Trinajstić information content (AvgIpc) is 3.01. The molecule has 4 rings (SSSR count). The number of rotatable bonds is 3. The van der Waals surface area contributed by atoms with E-state index in [9.17, 15) is 8.42 Å². The Hall–Kier alpha value is -2.99. The van der Waals surface area contributed by atoms with Crippen LogP contribution in [0.5, 0.6) is 0 Å². The van der Waals surface area contributed by atoms with Crippen molar-refractivity contribution in [3.05, 3.63) is 72.6 Å².